The highest BCUT2D eigenvalue weighted by atomic mass is 16.3. The van der Waals surface area contributed by atoms with E-state index in [-0.39, 0.29) is 0 Å². The van der Waals surface area contributed by atoms with Crippen LogP contribution >= 0.6 is 0 Å². The summed E-state index contributed by atoms with van der Waals surface area (Å²) in [6, 6.07) is 19.7. The maximum absolute atomic E-state index is 13.2. The van der Waals surface area contributed by atoms with Gasteiger partial charge in [0.2, 0.25) is 0 Å². The first-order chi connectivity index (χ1) is 11.0. The van der Waals surface area contributed by atoms with Crippen LogP contribution in [0.2, 0.25) is 0 Å². The largest absolute Gasteiger partial charge is 0.372 e. The molecule has 4 nitrogen and oxygen atoms in total. The molecule has 0 atom stereocenters. The van der Waals surface area contributed by atoms with Gasteiger partial charge in [0, 0.05) is 5.69 Å². The lowest BCUT2D eigenvalue weighted by atomic mass is 9.85. The fourth-order valence-electron chi connectivity index (χ4n) is 2.76. The molecule has 0 aliphatic carbocycles. The number of carbonyl (C=O) groups is 1. The average molecular weight is 306 g/mol. The molecule has 0 spiro atoms. The summed E-state index contributed by atoms with van der Waals surface area (Å²) in [6.45, 7) is 3.62. The van der Waals surface area contributed by atoms with Crippen LogP contribution in [0.3, 0.4) is 0 Å². The molecule has 23 heavy (non-hydrogen) atoms. The predicted octanol–water partition coefficient (Wildman–Crippen LogP) is 3.08. The van der Waals surface area contributed by atoms with Crippen LogP contribution in [-0.4, -0.2) is 20.8 Å². The molecular formula is C19H18N2O2. The lowest BCUT2D eigenvalue weighted by Crippen LogP contribution is -2.41. The van der Waals surface area contributed by atoms with Crippen LogP contribution in [-0.2, 0) is 5.60 Å². The van der Waals surface area contributed by atoms with E-state index in [1.807, 2.05) is 25.1 Å². The second kappa shape index (κ2) is 5.82. The summed E-state index contributed by atoms with van der Waals surface area (Å²) < 4.78 is 1.27. The van der Waals surface area contributed by atoms with Gasteiger partial charge >= 0.3 is 0 Å². The summed E-state index contributed by atoms with van der Waals surface area (Å²) in [4.78, 5) is 13.2. The zero-order valence-corrected chi connectivity index (χ0v) is 13.1. The number of rotatable bonds is 3. The van der Waals surface area contributed by atoms with Crippen LogP contribution in [0.15, 0.2) is 66.7 Å². The number of aryl methyl sites for hydroxylation is 2. The third kappa shape index (κ3) is 2.58. The quantitative estimate of drug-likeness (QED) is 0.809. The molecule has 0 amide bonds. The van der Waals surface area contributed by atoms with Crippen LogP contribution < -0.4 is 0 Å². The van der Waals surface area contributed by atoms with Crippen molar-refractivity contribution < 1.29 is 9.90 Å². The Hall–Kier alpha value is -2.72. The lowest BCUT2D eigenvalue weighted by molar-refractivity contribution is 0.0370. The molecule has 0 aliphatic rings. The maximum atomic E-state index is 13.2. The van der Waals surface area contributed by atoms with E-state index in [0.29, 0.717) is 16.8 Å². The second-order valence-electron chi connectivity index (χ2n) is 5.59. The van der Waals surface area contributed by atoms with Crippen LogP contribution in [0.4, 0.5) is 0 Å². The minimum Gasteiger partial charge on any atom is -0.372 e. The van der Waals surface area contributed by atoms with Gasteiger partial charge in [0.15, 0.2) is 5.60 Å². The van der Waals surface area contributed by atoms with Gasteiger partial charge < -0.3 is 5.11 Å². The second-order valence-corrected chi connectivity index (χ2v) is 5.59. The molecule has 1 N–H and O–H groups in total. The van der Waals surface area contributed by atoms with E-state index in [9.17, 15) is 9.90 Å². The summed E-state index contributed by atoms with van der Waals surface area (Å²) in [6.07, 6.45) is 0. The van der Waals surface area contributed by atoms with Gasteiger partial charge in [-0.2, -0.15) is 5.10 Å². The first kappa shape index (κ1) is 15.2. The molecule has 3 rings (SSSR count). The zero-order valence-electron chi connectivity index (χ0n) is 13.1. The average Bonchev–Trinajstić information content (AvgIpc) is 2.93. The standard InChI is InChI=1S/C19H18N2O2/c1-14-13-15(2)21(20-14)18(22)19(23,16-9-5-3-6-10-16)17-11-7-4-8-12-17/h3-13,23H,1-2H3. The smallest absolute Gasteiger partial charge is 0.288 e. The van der Waals surface area contributed by atoms with Gasteiger partial charge in [0.25, 0.3) is 5.91 Å². The van der Waals surface area contributed by atoms with Gasteiger partial charge in [-0.1, -0.05) is 60.7 Å². The van der Waals surface area contributed by atoms with Gasteiger partial charge in [0.05, 0.1) is 5.69 Å². The first-order valence-electron chi connectivity index (χ1n) is 7.45. The highest BCUT2D eigenvalue weighted by Crippen LogP contribution is 2.31. The Kier molecular flexibility index (Phi) is 3.84. The summed E-state index contributed by atoms with van der Waals surface area (Å²) in [7, 11) is 0. The van der Waals surface area contributed by atoms with Crippen molar-refractivity contribution in [3.05, 3.63) is 89.2 Å². The Bertz CT molecular complexity index is 784. The Morgan fingerprint density at radius 1 is 0.957 bits per heavy atom. The fourth-order valence-corrected chi connectivity index (χ4v) is 2.76. The molecule has 0 saturated heterocycles. The van der Waals surface area contributed by atoms with Crippen LogP contribution in [0.25, 0.3) is 0 Å². The van der Waals surface area contributed by atoms with Gasteiger partial charge in [-0.05, 0) is 31.0 Å². The summed E-state index contributed by atoms with van der Waals surface area (Å²) in [5.74, 6) is -0.486. The third-order valence-corrected chi connectivity index (χ3v) is 3.89. The molecule has 0 radical (unpaired) electrons. The van der Waals surface area contributed by atoms with E-state index in [1.165, 1.54) is 4.68 Å². The summed E-state index contributed by atoms with van der Waals surface area (Å²) >= 11 is 0. The van der Waals surface area contributed by atoms with Crippen LogP contribution in [0.5, 0.6) is 0 Å². The monoisotopic (exact) mass is 306 g/mol. The molecule has 2 aromatic carbocycles. The van der Waals surface area contributed by atoms with Gasteiger partial charge in [-0.15, -0.1) is 0 Å². The Balaban J connectivity index is 2.21. The molecule has 3 aromatic rings. The Morgan fingerprint density at radius 3 is 1.83 bits per heavy atom. The SMILES string of the molecule is Cc1cc(C)n(C(=O)C(O)(c2ccccc2)c2ccccc2)n1. The first-order valence-corrected chi connectivity index (χ1v) is 7.45. The molecule has 4 heteroatoms. The van der Waals surface area contributed by atoms with Crippen molar-refractivity contribution in [2.45, 2.75) is 19.4 Å². The topological polar surface area (TPSA) is 55.1 Å². The highest BCUT2D eigenvalue weighted by Gasteiger charge is 2.41. The zero-order chi connectivity index (χ0) is 16.4. The lowest BCUT2D eigenvalue weighted by Gasteiger charge is -2.27. The van der Waals surface area contributed by atoms with Crippen molar-refractivity contribution in [1.29, 1.82) is 0 Å². The molecule has 1 heterocycles. The van der Waals surface area contributed by atoms with E-state index in [2.05, 4.69) is 5.10 Å². The van der Waals surface area contributed by atoms with Crippen molar-refractivity contribution in [3.8, 4) is 0 Å². The number of nitrogens with zero attached hydrogens (tertiary/aromatic N) is 2. The number of hydrogen-bond donors (Lipinski definition) is 1. The van der Waals surface area contributed by atoms with Gasteiger partial charge in [0.1, 0.15) is 0 Å². The van der Waals surface area contributed by atoms with Crippen molar-refractivity contribution in [3.63, 3.8) is 0 Å². The number of carbonyl (C=O) groups excluding carboxylic acids is 1. The van der Waals surface area contributed by atoms with Gasteiger partial charge in [-0.25, -0.2) is 4.68 Å². The van der Waals surface area contributed by atoms with Crippen molar-refractivity contribution in [2.75, 3.05) is 0 Å². The number of hydrogen-bond acceptors (Lipinski definition) is 3. The van der Waals surface area contributed by atoms with Crippen molar-refractivity contribution in [2.24, 2.45) is 0 Å². The minimum atomic E-state index is -1.79. The maximum Gasteiger partial charge on any atom is 0.288 e. The van der Waals surface area contributed by atoms with Crippen molar-refractivity contribution in [1.82, 2.24) is 9.78 Å². The molecule has 0 saturated carbocycles. The van der Waals surface area contributed by atoms with E-state index in [4.69, 9.17) is 0 Å². The molecule has 0 bridgehead atoms. The van der Waals surface area contributed by atoms with Crippen LogP contribution in [0, 0.1) is 13.8 Å². The van der Waals surface area contributed by atoms with Gasteiger partial charge in [-0.3, -0.25) is 4.79 Å². The molecule has 0 fully saturated rings. The van der Waals surface area contributed by atoms with E-state index in [0.717, 1.165) is 5.69 Å². The normalized spacial score (nSPS) is 11.4. The minimum absolute atomic E-state index is 0.486. The summed E-state index contributed by atoms with van der Waals surface area (Å²) in [5.41, 5.74) is 0.677. The predicted molar refractivity (Wildman–Crippen MR) is 88.2 cm³/mol. The molecule has 0 aliphatic heterocycles. The summed E-state index contributed by atoms with van der Waals surface area (Å²) in [5, 5.41) is 15.6. The number of benzene rings is 2. The third-order valence-electron chi connectivity index (χ3n) is 3.89. The molecule has 1 aromatic heterocycles. The number of aromatic nitrogens is 2. The Labute approximate surface area is 135 Å². The van der Waals surface area contributed by atoms with E-state index < -0.39 is 11.5 Å². The molecule has 116 valence electrons. The fraction of sp³-hybridized carbons (Fsp3) is 0.158. The van der Waals surface area contributed by atoms with E-state index >= 15 is 0 Å². The Morgan fingerprint density at radius 2 is 1.43 bits per heavy atom. The van der Waals surface area contributed by atoms with Crippen LogP contribution in [0.1, 0.15) is 27.3 Å². The molecule has 0 unspecified atom stereocenters. The van der Waals surface area contributed by atoms with E-state index in [1.54, 1.807) is 55.5 Å². The highest BCUT2D eigenvalue weighted by molar-refractivity contribution is 5.91. The number of aliphatic hydroxyl groups is 1. The van der Waals surface area contributed by atoms with Crippen molar-refractivity contribution >= 4 is 5.91 Å². The molecular weight excluding hydrogens is 288 g/mol.